The minimum Gasteiger partial charge on any atom is -0.396 e. The number of hydrogen-bond donors (Lipinski definition) is 2. The number of nitrogens with zero attached hydrogens (tertiary/aromatic N) is 1. The maximum absolute atomic E-state index is 8.98. The Morgan fingerprint density at radius 3 is 2.76 bits per heavy atom. The third kappa shape index (κ3) is 2.38. The van der Waals surface area contributed by atoms with Crippen LogP contribution in [-0.2, 0) is 0 Å². The van der Waals surface area contributed by atoms with Gasteiger partial charge in [0.15, 0.2) is 0 Å². The van der Waals surface area contributed by atoms with E-state index >= 15 is 0 Å². The van der Waals surface area contributed by atoms with Crippen LogP contribution >= 0.6 is 23.1 Å². The van der Waals surface area contributed by atoms with Crippen LogP contribution in [0.4, 0.5) is 10.7 Å². The highest BCUT2D eigenvalue weighted by Gasteiger charge is 2.31. The molecule has 0 spiro atoms. The summed E-state index contributed by atoms with van der Waals surface area (Å²) in [6.45, 7) is 3.29. The van der Waals surface area contributed by atoms with E-state index in [-0.39, 0.29) is 0 Å². The number of hydrogen-bond acceptors (Lipinski definition) is 5. The SMILES string of the molecule is CSc1c(NCC2(C)CCC2)sc(C#N)c1N. The molecule has 0 saturated heterocycles. The number of anilines is 2. The Labute approximate surface area is 110 Å². The van der Waals surface area contributed by atoms with Crippen molar-refractivity contribution >= 4 is 33.8 Å². The Morgan fingerprint density at radius 1 is 1.59 bits per heavy atom. The lowest BCUT2D eigenvalue weighted by atomic mass is 9.70. The molecule has 5 heteroatoms. The van der Waals surface area contributed by atoms with Gasteiger partial charge >= 0.3 is 0 Å². The Balaban J connectivity index is 2.12. The highest BCUT2D eigenvalue weighted by atomic mass is 32.2. The van der Waals surface area contributed by atoms with E-state index in [9.17, 15) is 0 Å². The van der Waals surface area contributed by atoms with Gasteiger partial charge in [-0.25, -0.2) is 0 Å². The molecule has 0 atom stereocenters. The summed E-state index contributed by atoms with van der Waals surface area (Å²) in [6.07, 6.45) is 5.92. The molecule has 1 aliphatic carbocycles. The molecule has 1 aromatic heterocycles. The van der Waals surface area contributed by atoms with Crippen LogP contribution in [0.3, 0.4) is 0 Å². The van der Waals surface area contributed by atoms with E-state index in [0.717, 1.165) is 16.4 Å². The Bertz CT molecular complexity index is 455. The first kappa shape index (κ1) is 12.6. The summed E-state index contributed by atoms with van der Waals surface area (Å²) in [7, 11) is 0. The van der Waals surface area contributed by atoms with E-state index in [4.69, 9.17) is 11.0 Å². The lowest BCUT2D eigenvalue weighted by Crippen LogP contribution is -2.33. The van der Waals surface area contributed by atoms with Gasteiger partial charge in [0.2, 0.25) is 0 Å². The van der Waals surface area contributed by atoms with Gasteiger partial charge in [-0.1, -0.05) is 13.3 Å². The van der Waals surface area contributed by atoms with E-state index in [2.05, 4.69) is 18.3 Å². The first-order valence-electron chi connectivity index (χ1n) is 5.70. The topological polar surface area (TPSA) is 61.8 Å². The Morgan fingerprint density at radius 2 is 2.29 bits per heavy atom. The molecule has 0 aromatic carbocycles. The largest absolute Gasteiger partial charge is 0.396 e. The van der Waals surface area contributed by atoms with Gasteiger partial charge in [-0.15, -0.1) is 23.1 Å². The second-order valence-electron chi connectivity index (χ2n) is 4.84. The van der Waals surface area contributed by atoms with Gasteiger partial charge in [-0.3, -0.25) is 0 Å². The third-order valence-electron chi connectivity index (χ3n) is 3.44. The summed E-state index contributed by atoms with van der Waals surface area (Å²) in [6, 6.07) is 2.16. The summed E-state index contributed by atoms with van der Waals surface area (Å²) < 4.78 is 0. The molecule has 3 N–H and O–H groups in total. The molecule has 1 fully saturated rings. The lowest BCUT2D eigenvalue weighted by Gasteiger charge is -2.38. The minimum atomic E-state index is 0.432. The molecular formula is C12H17N3S2. The highest BCUT2D eigenvalue weighted by molar-refractivity contribution is 7.99. The van der Waals surface area contributed by atoms with Gasteiger partial charge in [-0.2, -0.15) is 5.26 Å². The molecule has 0 bridgehead atoms. The van der Waals surface area contributed by atoms with Gasteiger partial charge in [0, 0.05) is 6.54 Å². The summed E-state index contributed by atoms with van der Waals surface area (Å²) in [5, 5.41) is 13.5. The van der Waals surface area contributed by atoms with Crippen molar-refractivity contribution in [1.29, 1.82) is 5.26 Å². The lowest BCUT2D eigenvalue weighted by molar-refractivity contribution is 0.180. The van der Waals surface area contributed by atoms with E-state index in [1.54, 1.807) is 11.8 Å². The van der Waals surface area contributed by atoms with Crippen molar-refractivity contribution in [1.82, 2.24) is 0 Å². The van der Waals surface area contributed by atoms with Crippen molar-refractivity contribution in [3.63, 3.8) is 0 Å². The third-order valence-corrected chi connectivity index (χ3v) is 5.47. The van der Waals surface area contributed by atoms with Gasteiger partial charge in [0.05, 0.1) is 10.6 Å². The van der Waals surface area contributed by atoms with E-state index < -0.39 is 0 Å². The summed E-state index contributed by atoms with van der Waals surface area (Å²) >= 11 is 3.07. The molecule has 92 valence electrons. The summed E-state index contributed by atoms with van der Waals surface area (Å²) in [5.74, 6) is 0. The fraction of sp³-hybridized carbons (Fsp3) is 0.583. The Hall–Kier alpha value is -0.860. The van der Waals surface area contributed by atoms with Crippen LogP contribution in [0.5, 0.6) is 0 Å². The molecule has 0 amide bonds. The molecule has 17 heavy (non-hydrogen) atoms. The van der Waals surface area contributed by atoms with Crippen molar-refractivity contribution < 1.29 is 0 Å². The maximum Gasteiger partial charge on any atom is 0.131 e. The van der Waals surface area contributed by atoms with Crippen molar-refractivity contribution in [3.8, 4) is 6.07 Å². The molecule has 3 nitrogen and oxygen atoms in total. The number of nitrogens with two attached hydrogens (primary N) is 1. The van der Waals surface area contributed by atoms with Crippen molar-refractivity contribution in [2.75, 3.05) is 23.9 Å². The zero-order valence-corrected chi connectivity index (χ0v) is 11.8. The summed E-state index contributed by atoms with van der Waals surface area (Å²) in [5.41, 5.74) is 7.00. The molecule has 1 aliphatic rings. The standard InChI is InChI=1S/C12H17N3S2/c1-12(4-3-5-12)7-15-11-10(16-2)9(14)8(6-13)17-11/h15H,3-5,7,14H2,1-2H3. The fourth-order valence-electron chi connectivity index (χ4n) is 2.08. The molecule has 1 saturated carbocycles. The van der Waals surface area contributed by atoms with Gasteiger partial charge < -0.3 is 11.1 Å². The molecule has 2 rings (SSSR count). The average Bonchev–Trinajstić information content (AvgIpc) is 2.60. The van der Waals surface area contributed by atoms with Crippen LogP contribution in [0.15, 0.2) is 4.90 Å². The van der Waals surface area contributed by atoms with Gasteiger partial charge in [-0.05, 0) is 24.5 Å². The fourth-order valence-corrected chi connectivity index (χ4v) is 3.91. The second kappa shape index (κ2) is 4.79. The first-order chi connectivity index (χ1) is 8.09. The average molecular weight is 267 g/mol. The molecule has 0 aliphatic heterocycles. The van der Waals surface area contributed by atoms with Crippen molar-refractivity contribution in [2.24, 2.45) is 5.41 Å². The van der Waals surface area contributed by atoms with Crippen LogP contribution < -0.4 is 11.1 Å². The van der Waals surface area contributed by atoms with Crippen molar-refractivity contribution in [2.45, 2.75) is 31.1 Å². The van der Waals surface area contributed by atoms with Gasteiger partial charge in [0.1, 0.15) is 15.9 Å². The van der Waals surface area contributed by atoms with E-state index in [1.807, 2.05) is 6.26 Å². The van der Waals surface area contributed by atoms with E-state index in [0.29, 0.717) is 16.0 Å². The predicted octanol–water partition coefficient (Wildman–Crippen LogP) is 3.53. The highest BCUT2D eigenvalue weighted by Crippen LogP contribution is 2.44. The normalized spacial score (nSPS) is 17.2. The second-order valence-corrected chi connectivity index (χ2v) is 6.67. The predicted molar refractivity (Wildman–Crippen MR) is 75.7 cm³/mol. The van der Waals surface area contributed by atoms with Crippen molar-refractivity contribution in [3.05, 3.63) is 4.88 Å². The monoisotopic (exact) mass is 267 g/mol. The number of thiophene rings is 1. The van der Waals surface area contributed by atoms with Crippen LogP contribution in [-0.4, -0.2) is 12.8 Å². The van der Waals surface area contributed by atoms with Crippen LogP contribution in [0.25, 0.3) is 0 Å². The number of nitrogen functional groups attached to an aromatic ring is 1. The molecule has 0 radical (unpaired) electrons. The van der Waals surface area contributed by atoms with Crippen LogP contribution in [0, 0.1) is 16.7 Å². The number of nitriles is 1. The van der Waals surface area contributed by atoms with Crippen LogP contribution in [0.2, 0.25) is 0 Å². The number of thioether (sulfide) groups is 1. The zero-order valence-electron chi connectivity index (χ0n) is 10.2. The first-order valence-corrected chi connectivity index (χ1v) is 7.74. The zero-order chi connectivity index (χ0) is 12.5. The molecule has 1 heterocycles. The van der Waals surface area contributed by atoms with E-state index in [1.165, 1.54) is 30.6 Å². The minimum absolute atomic E-state index is 0.432. The molecule has 0 unspecified atom stereocenters. The smallest absolute Gasteiger partial charge is 0.131 e. The molecule has 1 aromatic rings. The number of nitrogens with one attached hydrogen (secondary N) is 1. The number of rotatable bonds is 4. The Kier molecular flexibility index (Phi) is 3.55. The molecular weight excluding hydrogens is 250 g/mol. The maximum atomic E-state index is 8.98. The van der Waals surface area contributed by atoms with Crippen LogP contribution in [0.1, 0.15) is 31.1 Å². The van der Waals surface area contributed by atoms with Gasteiger partial charge in [0.25, 0.3) is 0 Å². The quantitative estimate of drug-likeness (QED) is 0.819. The summed E-state index contributed by atoms with van der Waals surface area (Å²) in [4.78, 5) is 1.64.